The first kappa shape index (κ1) is 12.5. The maximum Gasteiger partial charge on any atom is 0.313 e. The van der Waals surface area contributed by atoms with Gasteiger partial charge in [-0.3, -0.25) is 4.79 Å². The zero-order valence-electron chi connectivity index (χ0n) is 10.2. The van der Waals surface area contributed by atoms with E-state index in [0.29, 0.717) is 6.04 Å². The van der Waals surface area contributed by atoms with Crippen molar-refractivity contribution in [3.8, 4) is 0 Å². The SMILES string of the molecule is Cc1cn(C2CCC(C)C2)c(SCC(=O)O)n1. The zero-order valence-corrected chi connectivity index (χ0v) is 11.0. The van der Waals surface area contributed by atoms with E-state index in [4.69, 9.17) is 5.11 Å². The van der Waals surface area contributed by atoms with Gasteiger partial charge in [-0.05, 0) is 32.1 Å². The molecule has 2 atom stereocenters. The van der Waals surface area contributed by atoms with Crippen molar-refractivity contribution in [1.29, 1.82) is 0 Å². The number of hydrogen-bond acceptors (Lipinski definition) is 3. The lowest BCUT2D eigenvalue weighted by Crippen LogP contribution is -2.07. The van der Waals surface area contributed by atoms with Gasteiger partial charge >= 0.3 is 5.97 Å². The normalized spacial score (nSPS) is 24.1. The number of aliphatic carboxylic acids is 1. The molecule has 1 aliphatic carbocycles. The molecule has 1 aliphatic rings. The highest BCUT2D eigenvalue weighted by Gasteiger charge is 2.25. The maximum atomic E-state index is 10.6. The van der Waals surface area contributed by atoms with Crippen LogP contribution in [0.1, 0.15) is 37.9 Å². The van der Waals surface area contributed by atoms with Gasteiger partial charge in [-0.1, -0.05) is 18.7 Å². The van der Waals surface area contributed by atoms with Crippen LogP contribution in [0.4, 0.5) is 0 Å². The van der Waals surface area contributed by atoms with E-state index < -0.39 is 5.97 Å². The van der Waals surface area contributed by atoms with Crippen molar-refractivity contribution in [2.75, 3.05) is 5.75 Å². The lowest BCUT2D eigenvalue weighted by atomic mass is 10.1. The Morgan fingerprint density at radius 1 is 1.65 bits per heavy atom. The Labute approximate surface area is 105 Å². The fraction of sp³-hybridized carbons (Fsp3) is 0.667. The average molecular weight is 254 g/mol. The quantitative estimate of drug-likeness (QED) is 0.839. The number of carboxylic acid groups (broad SMARTS) is 1. The molecule has 0 amide bonds. The molecule has 4 nitrogen and oxygen atoms in total. The minimum absolute atomic E-state index is 0.0821. The molecule has 1 fully saturated rings. The maximum absolute atomic E-state index is 10.6. The minimum Gasteiger partial charge on any atom is -0.481 e. The summed E-state index contributed by atoms with van der Waals surface area (Å²) < 4.78 is 2.17. The van der Waals surface area contributed by atoms with E-state index in [0.717, 1.165) is 16.8 Å². The van der Waals surface area contributed by atoms with Crippen molar-refractivity contribution in [3.05, 3.63) is 11.9 Å². The number of aryl methyl sites for hydroxylation is 1. The van der Waals surface area contributed by atoms with Gasteiger partial charge in [0.05, 0.1) is 11.4 Å². The van der Waals surface area contributed by atoms with Gasteiger partial charge in [0.15, 0.2) is 5.16 Å². The molecule has 94 valence electrons. The smallest absolute Gasteiger partial charge is 0.313 e. The van der Waals surface area contributed by atoms with Crippen LogP contribution in [-0.2, 0) is 4.79 Å². The molecule has 1 heterocycles. The second kappa shape index (κ2) is 5.12. The largest absolute Gasteiger partial charge is 0.481 e. The molecule has 0 radical (unpaired) electrons. The Hall–Kier alpha value is -0.970. The van der Waals surface area contributed by atoms with Crippen LogP contribution < -0.4 is 0 Å². The number of carboxylic acids is 1. The first-order valence-corrected chi connectivity index (χ1v) is 6.95. The van der Waals surface area contributed by atoms with Crippen molar-refractivity contribution >= 4 is 17.7 Å². The highest BCUT2D eigenvalue weighted by atomic mass is 32.2. The molecule has 0 aliphatic heterocycles. The third-order valence-corrected chi connectivity index (χ3v) is 4.16. The Morgan fingerprint density at radius 2 is 2.41 bits per heavy atom. The molecule has 0 bridgehead atoms. The van der Waals surface area contributed by atoms with Crippen LogP contribution in [-0.4, -0.2) is 26.4 Å². The van der Waals surface area contributed by atoms with Crippen LogP contribution in [0.15, 0.2) is 11.4 Å². The molecule has 0 spiro atoms. The summed E-state index contributed by atoms with van der Waals surface area (Å²) in [4.78, 5) is 15.0. The summed E-state index contributed by atoms with van der Waals surface area (Å²) in [6, 6.07) is 0.502. The molecule has 1 saturated carbocycles. The molecule has 1 N–H and O–H groups in total. The Bertz CT molecular complexity index is 417. The molecule has 0 saturated heterocycles. The Morgan fingerprint density at radius 3 is 3.00 bits per heavy atom. The topological polar surface area (TPSA) is 55.1 Å². The second-order valence-corrected chi connectivity index (χ2v) is 5.77. The number of nitrogens with zero attached hydrogens (tertiary/aromatic N) is 2. The predicted octanol–water partition coefficient (Wildman–Crippen LogP) is 2.73. The third kappa shape index (κ3) is 3.03. The number of thioether (sulfide) groups is 1. The number of rotatable bonds is 4. The van der Waals surface area contributed by atoms with Gasteiger partial charge in [0.2, 0.25) is 0 Å². The van der Waals surface area contributed by atoms with Crippen molar-refractivity contribution < 1.29 is 9.90 Å². The van der Waals surface area contributed by atoms with Crippen LogP contribution in [0.25, 0.3) is 0 Å². The van der Waals surface area contributed by atoms with Gasteiger partial charge in [0.1, 0.15) is 0 Å². The van der Waals surface area contributed by atoms with Gasteiger partial charge in [-0.25, -0.2) is 4.98 Å². The summed E-state index contributed by atoms with van der Waals surface area (Å²) in [6.07, 6.45) is 5.66. The summed E-state index contributed by atoms with van der Waals surface area (Å²) in [6.45, 7) is 4.23. The molecule has 2 unspecified atom stereocenters. The zero-order chi connectivity index (χ0) is 12.4. The van der Waals surface area contributed by atoms with Crippen LogP contribution in [0.2, 0.25) is 0 Å². The molecule has 1 aromatic rings. The summed E-state index contributed by atoms with van der Waals surface area (Å²) in [5.41, 5.74) is 0.970. The summed E-state index contributed by atoms with van der Waals surface area (Å²) in [5.74, 6) is 0.0562. The average Bonchev–Trinajstić information content (AvgIpc) is 2.81. The third-order valence-electron chi connectivity index (χ3n) is 3.20. The van der Waals surface area contributed by atoms with E-state index in [2.05, 4.69) is 16.5 Å². The summed E-state index contributed by atoms with van der Waals surface area (Å²) in [5, 5.41) is 9.57. The Balaban J connectivity index is 2.12. The molecule has 5 heteroatoms. The fourth-order valence-electron chi connectivity index (χ4n) is 2.42. The summed E-state index contributed by atoms with van der Waals surface area (Å²) >= 11 is 1.32. The van der Waals surface area contributed by atoms with Gasteiger partial charge < -0.3 is 9.67 Å². The standard InChI is InChI=1S/C12H18N2O2S/c1-8-3-4-10(5-8)14-6-9(2)13-12(14)17-7-11(15)16/h6,8,10H,3-5,7H2,1-2H3,(H,15,16). The van der Waals surface area contributed by atoms with Gasteiger partial charge in [-0.2, -0.15) is 0 Å². The van der Waals surface area contributed by atoms with Gasteiger partial charge in [-0.15, -0.1) is 0 Å². The van der Waals surface area contributed by atoms with Crippen LogP contribution in [0.5, 0.6) is 0 Å². The van der Waals surface area contributed by atoms with Crippen molar-refractivity contribution in [2.45, 2.75) is 44.3 Å². The fourth-order valence-corrected chi connectivity index (χ4v) is 3.23. The summed E-state index contributed by atoms with van der Waals surface area (Å²) in [7, 11) is 0. The van der Waals surface area contributed by atoms with Crippen LogP contribution in [0.3, 0.4) is 0 Å². The monoisotopic (exact) mass is 254 g/mol. The van der Waals surface area contributed by atoms with E-state index in [1.165, 1.54) is 31.0 Å². The number of hydrogen-bond donors (Lipinski definition) is 1. The highest BCUT2D eigenvalue weighted by molar-refractivity contribution is 7.99. The Kier molecular flexibility index (Phi) is 3.76. The molecule has 17 heavy (non-hydrogen) atoms. The van der Waals surface area contributed by atoms with E-state index in [1.54, 1.807) is 0 Å². The highest BCUT2D eigenvalue weighted by Crippen LogP contribution is 2.36. The van der Waals surface area contributed by atoms with Crippen molar-refractivity contribution in [3.63, 3.8) is 0 Å². The molecule has 1 aromatic heterocycles. The van der Waals surface area contributed by atoms with Crippen molar-refractivity contribution in [1.82, 2.24) is 9.55 Å². The number of aromatic nitrogens is 2. The van der Waals surface area contributed by atoms with Crippen molar-refractivity contribution in [2.24, 2.45) is 5.92 Å². The number of carbonyl (C=O) groups is 1. The molecule has 2 rings (SSSR count). The van der Waals surface area contributed by atoms with Crippen LogP contribution >= 0.6 is 11.8 Å². The molecular weight excluding hydrogens is 236 g/mol. The first-order valence-electron chi connectivity index (χ1n) is 5.96. The first-order chi connectivity index (χ1) is 8.06. The van der Waals surface area contributed by atoms with Crippen LogP contribution in [0, 0.1) is 12.8 Å². The second-order valence-electron chi connectivity index (χ2n) is 4.83. The lowest BCUT2D eigenvalue weighted by molar-refractivity contribution is -0.133. The van der Waals surface area contributed by atoms with E-state index in [9.17, 15) is 4.79 Å². The lowest BCUT2D eigenvalue weighted by Gasteiger charge is -2.14. The van der Waals surface area contributed by atoms with Gasteiger partial charge in [0, 0.05) is 12.2 Å². The molecule has 0 aromatic carbocycles. The van der Waals surface area contributed by atoms with E-state index in [1.807, 2.05) is 13.1 Å². The molecular formula is C12H18N2O2S. The number of imidazole rings is 1. The minimum atomic E-state index is -0.790. The van der Waals surface area contributed by atoms with E-state index >= 15 is 0 Å². The van der Waals surface area contributed by atoms with Gasteiger partial charge in [0.25, 0.3) is 0 Å². The predicted molar refractivity (Wildman–Crippen MR) is 67.4 cm³/mol. The van der Waals surface area contributed by atoms with E-state index in [-0.39, 0.29) is 5.75 Å².